The highest BCUT2D eigenvalue weighted by Crippen LogP contribution is 2.25. The molecule has 1 aromatic heterocycles. The summed E-state index contributed by atoms with van der Waals surface area (Å²) < 4.78 is 5.66. The summed E-state index contributed by atoms with van der Waals surface area (Å²) in [7, 11) is 0. The number of aromatic nitrogens is 2. The summed E-state index contributed by atoms with van der Waals surface area (Å²) in [4.78, 5) is 18.2. The largest absolute Gasteiger partial charge is 0.491 e. The Morgan fingerprint density at radius 1 is 1.42 bits per heavy atom. The van der Waals surface area contributed by atoms with Gasteiger partial charge in [-0.15, -0.1) is 0 Å². The Bertz CT molecular complexity index is 620. The molecule has 0 fully saturated rings. The van der Waals surface area contributed by atoms with Gasteiger partial charge < -0.3 is 15.5 Å². The van der Waals surface area contributed by atoms with Gasteiger partial charge in [0.25, 0.3) is 5.56 Å². The summed E-state index contributed by atoms with van der Waals surface area (Å²) in [6.45, 7) is 4.98. The number of nitrogens with two attached hydrogens (primary N) is 1. The summed E-state index contributed by atoms with van der Waals surface area (Å²) in [6.07, 6.45) is 3.48. The first-order valence-electron chi connectivity index (χ1n) is 6.47. The average molecular weight is 261 g/mol. The maximum absolute atomic E-state index is 11.6. The first-order chi connectivity index (χ1) is 9.08. The summed E-state index contributed by atoms with van der Waals surface area (Å²) >= 11 is 0. The Balaban J connectivity index is 2.15. The molecule has 0 saturated heterocycles. The minimum absolute atomic E-state index is 0.192. The van der Waals surface area contributed by atoms with Gasteiger partial charge in [-0.3, -0.25) is 4.79 Å². The summed E-state index contributed by atoms with van der Waals surface area (Å²) in [5, 5.41) is 0.481. The lowest BCUT2D eigenvalue weighted by Gasteiger charge is -2.10. The third-order valence-electron chi connectivity index (χ3n) is 2.96. The second kappa shape index (κ2) is 5.73. The van der Waals surface area contributed by atoms with Crippen LogP contribution in [0.4, 0.5) is 5.69 Å². The van der Waals surface area contributed by atoms with Crippen LogP contribution >= 0.6 is 0 Å². The number of nitrogens with one attached hydrogen (secondary N) is 1. The van der Waals surface area contributed by atoms with Crippen LogP contribution in [0.15, 0.2) is 23.3 Å². The van der Waals surface area contributed by atoms with Crippen molar-refractivity contribution in [2.75, 3.05) is 12.3 Å². The molecule has 0 atom stereocenters. The van der Waals surface area contributed by atoms with E-state index in [-0.39, 0.29) is 5.56 Å². The number of H-pyrrole nitrogens is 1. The normalized spacial score (nSPS) is 11.1. The molecule has 0 unspecified atom stereocenters. The summed E-state index contributed by atoms with van der Waals surface area (Å²) in [5.74, 6) is 1.26. The van der Waals surface area contributed by atoms with Gasteiger partial charge in [0.1, 0.15) is 5.75 Å². The van der Waals surface area contributed by atoms with E-state index in [1.807, 2.05) is 0 Å². The van der Waals surface area contributed by atoms with Crippen LogP contribution in [0.5, 0.6) is 5.75 Å². The molecule has 3 N–H and O–H groups in total. The predicted molar refractivity (Wildman–Crippen MR) is 76.3 cm³/mol. The van der Waals surface area contributed by atoms with Crippen molar-refractivity contribution in [2.24, 2.45) is 5.92 Å². The van der Waals surface area contributed by atoms with Crippen LogP contribution in [-0.4, -0.2) is 16.6 Å². The van der Waals surface area contributed by atoms with Crippen LogP contribution in [0, 0.1) is 5.92 Å². The number of benzene rings is 1. The molecule has 5 heteroatoms. The van der Waals surface area contributed by atoms with E-state index >= 15 is 0 Å². The van der Waals surface area contributed by atoms with E-state index < -0.39 is 0 Å². The van der Waals surface area contributed by atoms with Gasteiger partial charge >= 0.3 is 0 Å². The van der Waals surface area contributed by atoms with Crippen LogP contribution < -0.4 is 16.0 Å². The molecule has 0 aliphatic heterocycles. The number of hydrogen-bond acceptors (Lipinski definition) is 4. The predicted octanol–water partition coefficient (Wildman–Crippen LogP) is 2.32. The number of hydrogen-bond donors (Lipinski definition) is 2. The van der Waals surface area contributed by atoms with Gasteiger partial charge in [-0.05, 0) is 24.8 Å². The Kier molecular flexibility index (Phi) is 4.04. The second-order valence-electron chi connectivity index (χ2n) is 5.02. The molecule has 2 rings (SSSR count). The van der Waals surface area contributed by atoms with Gasteiger partial charge in [0.2, 0.25) is 0 Å². The Hall–Kier alpha value is -2.04. The van der Waals surface area contributed by atoms with Crippen molar-refractivity contribution in [3.05, 3.63) is 28.8 Å². The number of fused-ring (bicyclic) bond motifs is 1. The lowest BCUT2D eigenvalue weighted by molar-refractivity contribution is 0.299. The van der Waals surface area contributed by atoms with Crippen LogP contribution in [0.25, 0.3) is 10.9 Å². The topological polar surface area (TPSA) is 81.0 Å². The molecule has 0 bridgehead atoms. The van der Waals surface area contributed by atoms with Crippen molar-refractivity contribution in [2.45, 2.75) is 26.7 Å². The van der Waals surface area contributed by atoms with E-state index in [1.165, 1.54) is 6.33 Å². The molecule has 102 valence electrons. The lowest BCUT2D eigenvalue weighted by Crippen LogP contribution is -2.08. The molecule has 0 radical (unpaired) electrons. The molecule has 1 heterocycles. The lowest BCUT2D eigenvalue weighted by atomic mass is 10.1. The van der Waals surface area contributed by atoms with E-state index in [4.69, 9.17) is 10.5 Å². The smallest absolute Gasteiger partial charge is 0.258 e. The monoisotopic (exact) mass is 261 g/mol. The second-order valence-corrected chi connectivity index (χ2v) is 5.02. The SMILES string of the molecule is CC(C)CCCOc1cc2nc[nH]c(=O)c2cc1N. The van der Waals surface area contributed by atoms with Gasteiger partial charge in [0.05, 0.1) is 29.5 Å². The van der Waals surface area contributed by atoms with Gasteiger partial charge in [-0.2, -0.15) is 0 Å². The van der Waals surface area contributed by atoms with Crippen LogP contribution in [0.3, 0.4) is 0 Å². The average Bonchev–Trinajstić information content (AvgIpc) is 2.36. The summed E-state index contributed by atoms with van der Waals surface area (Å²) in [5.41, 5.74) is 6.76. The molecular weight excluding hydrogens is 242 g/mol. The van der Waals surface area contributed by atoms with Crippen molar-refractivity contribution in [1.29, 1.82) is 0 Å². The van der Waals surface area contributed by atoms with E-state index in [0.717, 1.165) is 12.8 Å². The van der Waals surface area contributed by atoms with E-state index in [0.29, 0.717) is 34.9 Å². The molecule has 0 spiro atoms. The number of nitrogens with zero attached hydrogens (tertiary/aromatic N) is 1. The quantitative estimate of drug-likeness (QED) is 0.639. The number of aromatic amines is 1. The van der Waals surface area contributed by atoms with Crippen molar-refractivity contribution in [3.8, 4) is 5.75 Å². The Morgan fingerprint density at radius 2 is 2.21 bits per heavy atom. The fourth-order valence-electron chi connectivity index (χ4n) is 1.91. The maximum Gasteiger partial charge on any atom is 0.258 e. The highest BCUT2D eigenvalue weighted by Gasteiger charge is 2.07. The molecule has 0 aliphatic carbocycles. The maximum atomic E-state index is 11.6. The van der Waals surface area contributed by atoms with Crippen LogP contribution in [0.1, 0.15) is 26.7 Å². The standard InChI is InChI=1S/C14H19N3O2/c1-9(2)4-3-5-19-13-7-12-10(6-11(13)15)14(18)17-8-16-12/h6-9H,3-5,15H2,1-2H3,(H,16,17,18). The van der Waals surface area contributed by atoms with E-state index in [9.17, 15) is 4.79 Å². The molecule has 0 saturated carbocycles. The number of anilines is 1. The third-order valence-corrected chi connectivity index (χ3v) is 2.96. The van der Waals surface area contributed by atoms with Crippen molar-refractivity contribution in [3.63, 3.8) is 0 Å². The van der Waals surface area contributed by atoms with Gasteiger partial charge in [0, 0.05) is 6.07 Å². The minimum atomic E-state index is -0.192. The zero-order chi connectivity index (χ0) is 13.8. The first kappa shape index (κ1) is 13.4. The van der Waals surface area contributed by atoms with E-state index in [2.05, 4.69) is 23.8 Å². The molecule has 0 amide bonds. The van der Waals surface area contributed by atoms with Crippen LogP contribution in [0.2, 0.25) is 0 Å². The number of nitrogen functional groups attached to an aromatic ring is 1. The third kappa shape index (κ3) is 3.24. The zero-order valence-corrected chi connectivity index (χ0v) is 11.3. The molecule has 19 heavy (non-hydrogen) atoms. The zero-order valence-electron chi connectivity index (χ0n) is 11.3. The summed E-state index contributed by atoms with van der Waals surface area (Å²) in [6, 6.07) is 3.33. The highest BCUT2D eigenvalue weighted by atomic mass is 16.5. The molecule has 0 aliphatic rings. The van der Waals surface area contributed by atoms with Crippen LogP contribution in [-0.2, 0) is 0 Å². The molecule has 2 aromatic rings. The molecule has 5 nitrogen and oxygen atoms in total. The van der Waals surface area contributed by atoms with Crippen molar-refractivity contribution in [1.82, 2.24) is 9.97 Å². The van der Waals surface area contributed by atoms with Gasteiger partial charge in [0.15, 0.2) is 0 Å². The first-order valence-corrected chi connectivity index (χ1v) is 6.47. The Morgan fingerprint density at radius 3 is 2.95 bits per heavy atom. The fraction of sp³-hybridized carbons (Fsp3) is 0.429. The molecule has 1 aromatic carbocycles. The van der Waals surface area contributed by atoms with Gasteiger partial charge in [-0.1, -0.05) is 13.8 Å². The van der Waals surface area contributed by atoms with E-state index in [1.54, 1.807) is 12.1 Å². The Labute approximate surface area is 111 Å². The van der Waals surface area contributed by atoms with Crippen molar-refractivity contribution >= 4 is 16.6 Å². The van der Waals surface area contributed by atoms with Gasteiger partial charge in [-0.25, -0.2) is 4.98 Å². The highest BCUT2D eigenvalue weighted by molar-refractivity contribution is 5.84. The molecular formula is C14H19N3O2. The number of ether oxygens (including phenoxy) is 1. The van der Waals surface area contributed by atoms with Crippen molar-refractivity contribution < 1.29 is 4.74 Å². The minimum Gasteiger partial charge on any atom is -0.491 e. The fourth-order valence-corrected chi connectivity index (χ4v) is 1.91. The number of rotatable bonds is 5.